The van der Waals surface area contributed by atoms with E-state index in [1.165, 1.54) is 6.08 Å². The quantitative estimate of drug-likeness (QED) is 0.839. The number of carbonyl (C=O) groups is 1. The fourth-order valence-electron chi connectivity index (χ4n) is 1.61. The maximum absolute atomic E-state index is 11.4. The van der Waals surface area contributed by atoms with Crippen molar-refractivity contribution in [1.29, 1.82) is 0 Å². The smallest absolute Gasteiger partial charge is 0.244 e. The van der Waals surface area contributed by atoms with Gasteiger partial charge in [-0.15, -0.1) is 0 Å². The summed E-state index contributed by atoms with van der Waals surface area (Å²) in [5.74, 6) is -0.182. The van der Waals surface area contributed by atoms with E-state index < -0.39 is 0 Å². The van der Waals surface area contributed by atoms with Crippen molar-refractivity contribution in [2.75, 3.05) is 13.1 Å². The van der Waals surface area contributed by atoms with E-state index in [1.807, 2.05) is 24.3 Å². The van der Waals surface area contributed by atoms with Gasteiger partial charge in [-0.1, -0.05) is 23.7 Å². The van der Waals surface area contributed by atoms with Crippen LogP contribution in [0.15, 0.2) is 36.4 Å². The molecule has 1 aromatic heterocycles. The van der Waals surface area contributed by atoms with Gasteiger partial charge in [0.1, 0.15) is 0 Å². The van der Waals surface area contributed by atoms with Crippen LogP contribution in [0, 0.1) is 0 Å². The van der Waals surface area contributed by atoms with Crippen molar-refractivity contribution in [3.63, 3.8) is 0 Å². The third-order valence-corrected chi connectivity index (χ3v) is 2.76. The lowest BCUT2D eigenvalue weighted by atomic mass is 10.2. The van der Waals surface area contributed by atoms with Crippen molar-refractivity contribution < 1.29 is 4.79 Å². The molecule has 0 radical (unpaired) electrons. The number of aromatic nitrogens is 1. The van der Waals surface area contributed by atoms with E-state index in [9.17, 15) is 4.79 Å². The molecule has 1 heterocycles. The summed E-state index contributed by atoms with van der Waals surface area (Å²) < 4.78 is 0. The minimum absolute atomic E-state index is 0.182. The predicted octanol–water partition coefficient (Wildman–Crippen LogP) is 1.98. The highest BCUT2D eigenvalue weighted by Gasteiger charge is 1.98. The Bertz CT molecular complexity index is 625. The van der Waals surface area contributed by atoms with Crippen molar-refractivity contribution >= 4 is 34.5 Å². The summed E-state index contributed by atoms with van der Waals surface area (Å²) in [5.41, 5.74) is 6.81. The van der Waals surface area contributed by atoms with Gasteiger partial charge in [0.15, 0.2) is 0 Å². The van der Waals surface area contributed by atoms with Crippen molar-refractivity contribution in [3.05, 3.63) is 47.1 Å². The van der Waals surface area contributed by atoms with Gasteiger partial charge in [0.25, 0.3) is 0 Å². The number of fused-ring (bicyclic) bond motifs is 1. The molecule has 0 aliphatic carbocycles. The number of halogens is 1. The highest BCUT2D eigenvalue weighted by Crippen LogP contribution is 2.18. The first-order valence-corrected chi connectivity index (χ1v) is 6.29. The largest absolute Gasteiger partial charge is 0.351 e. The van der Waals surface area contributed by atoms with Crippen LogP contribution in [0.4, 0.5) is 0 Å². The molecule has 0 aliphatic rings. The molecule has 19 heavy (non-hydrogen) atoms. The Hall–Kier alpha value is -1.91. The second kappa shape index (κ2) is 6.31. The van der Waals surface area contributed by atoms with Crippen molar-refractivity contribution in [3.8, 4) is 0 Å². The van der Waals surface area contributed by atoms with Gasteiger partial charge in [-0.25, -0.2) is 4.98 Å². The lowest BCUT2D eigenvalue weighted by Crippen LogP contribution is -2.27. The molecule has 5 heteroatoms. The zero-order chi connectivity index (χ0) is 13.7. The molecular formula is C14H14ClN3O. The summed E-state index contributed by atoms with van der Waals surface area (Å²) in [6.07, 6.45) is 3.10. The van der Waals surface area contributed by atoms with Crippen molar-refractivity contribution in [2.45, 2.75) is 0 Å². The van der Waals surface area contributed by atoms with Gasteiger partial charge in [0, 0.05) is 29.6 Å². The average Bonchev–Trinajstić information content (AvgIpc) is 2.42. The van der Waals surface area contributed by atoms with Gasteiger partial charge in [-0.2, -0.15) is 0 Å². The Kier molecular flexibility index (Phi) is 4.49. The van der Waals surface area contributed by atoms with Crippen LogP contribution in [0.25, 0.3) is 17.0 Å². The number of nitrogens with zero attached hydrogens (tertiary/aromatic N) is 1. The molecular weight excluding hydrogens is 262 g/mol. The second-order valence-corrected chi connectivity index (χ2v) is 4.42. The molecule has 4 nitrogen and oxygen atoms in total. The molecule has 0 bridgehead atoms. The van der Waals surface area contributed by atoms with Crippen LogP contribution in [-0.2, 0) is 4.79 Å². The number of nitrogens with two attached hydrogens (primary N) is 1. The van der Waals surface area contributed by atoms with Crippen LogP contribution in [-0.4, -0.2) is 24.0 Å². The van der Waals surface area contributed by atoms with E-state index in [0.29, 0.717) is 23.8 Å². The maximum atomic E-state index is 11.4. The zero-order valence-electron chi connectivity index (χ0n) is 10.3. The predicted molar refractivity (Wildman–Crippen MR) is 77.9 cm³/mol. The van der Waals surface area contributed by atoms with Crippen LogP contribution in [0.5, 0.6) is 0 Å². The van der Waals surface area contributed by atoms with E-state index >= 15 is 0 Å². The zero-order valence-corrected chi connectivity index (χ0v) is 11.0. The number of nitrogens with one attached hydrogen (secondary N) is 1. The molecule has 0 spiro atoms. The molecule has 1 aromatic carbocycles. The van der Waals surface area contributed by atoms with E-state index in [-0.39, 0.29) is 5.91 Å². The SMILES string of the molecule is NCCNC(=O)/C=C/c1ccc2ccc(Cl)cc2n1. The summed E-state index contributed by atoms with van der Waals surface area (Å²) in [5, 5.41) is 4.30. The number of rotatable bonds is 4. The van der Waals surface area contributed by atoms with Crippen LogP contribution in [0.1, 0.15) is 5.69 Å². The van der Waals surface area contributed by atoms with E-state index in [0.717, 1.165) is 10.9 Å². The molecule has 1 amide bonds. The number of pyridine rings is 1. The average molecular weight is 276 g/mol. The summed E-state index contributed by atoms with van der Waals surface area (Å²) in [6.45, 7) is 0.885. The molecule has 0 fully saturated rings. The highest BCUT2D eigenvalue weighted by atomic mass is 35.5. The van der Waals surface area contributed by atoms with Gasteiger partial charge in [0.05, 0.1) is 11.2 Å². The Balaban J connectivity index is 2.17. The summed E-state index contributed by atoms with van der Waals surface area (Å²) >= 11 is 5.92. The topological polar surface area (TPSA) is 68.0 Å². The van der Waals surface area contributed by atoms with Crippen LogP contribution >= 0.6 is 11.6 Å². The third kappa shape index (κ3) is 3.77. The second-order valence-electron chi connectivity index (χ2n) is 3.99. The first kappa shape index (κ1) is 13.5. The van der Waals surface area contributed by atoms with Gasteiger partial charge in [0.2, 0.25) is 5.91 Å². The fourth-order valence-corrected chi connectivity index (χ4v) is 1.78. The van der Waals surface area contributed by atoms with E-state index in [1.54, 1.807) is 12.1 Å². The minimum Gasteiger partial charge on any atom is -0.351 e. The van der Waals surface area contributed by atoms with Gasteiger partial charge in [-0.3, -0.25) is 4.79 Å². The van der Waals surface area contributed by atoms with Gasteiger partial charge in [-0.05, 0) is 24.3 Å². The lowest BCUT2D eigenvalue weighted by molar-refractivity contribution is -0.116. The minimum atomic E-state index is -0.182. The first-order chi connectivity index (χ1) is 9.19. The van der Waals surface area contributed by atoms with Crippen LogP contribution in [0.3, 0.4) is 0 Å². The number of carbonyl (C=O) groups excluding carboxylic acids is 1. The molecule has 3 N–H and O–H groups in total. The lowest BCUT2D eigenvalue weighted by Gasteiger charge is -2.00. The molecule has 0 atom stereocenters. The number of benzene rings is 1. The van der Waals surface area contributed by atoms with Gasteiger partial charge < -0.3 is 11.1 Å². The summed E-state index contributed by atoms with van der Waals surface area (Å²) in [4.78, 5) is 15.8. The molecule has 0 saturated carbocycles. The molecule has 0 unspecified atom stereocenters. The normalized spacial score (nSPS) is 11.1. The standard InChI is InChI=1S/C14H14ClN3O/c15-11-3-1-10-2-4-12(18-13(10)9-11)5-6-14(19)17-8-7-16/h1-6,9H,7-8,16H2,(H,17,19)/b6-5+. The third-order valence-electron chi connectivity index (χ3n) is 2.52. The molecule has 0 saturated heterocycles. The number of hydrogen-bond donors (Lipinski definition) is 2. The monoisotopic (exact) mass is 275 g/mol. The number of amides is 1. The highest BCUT2D eigenvalue weighted by molar-refractivity contribution is 6.31. The molecule has 98 valence electrons. The number of hydrogen-bond acceptors (Lipinski definition) is 3. The van der Waals surface area contributed by atoms with Gasteiger partial charge >= 0.3 is 0 Å². The summed E-state index contributed by atoms with van der Waals surface area (Å²) in [6, 6.07) is 9.31. The Morgan fingerprint density at radius 3 is 2.95 bits per heavy atom. The van der Waals surface area contributed by atoms with Crippen LogP contribution in [0.2, 0.25) is 5.02 Å². The Morgan fingerprint density at radius 2 is 2.16 bits per heavy atom. The first-order valence-electron chi connectivity index (χ1n) is 5.91. The maximum Gasteiger partial charge on any atom is 0.244 e. The molecule has 2 rings (SSSR count). The fraction of sp³-hybridized carbons (Fsp3) is 0.143. The molecule has 2 aromatic rings. The van der Waals surface area contributed by atoms with Crippen molar-refractivity contribution in [1.82, 2.24) is 10.3 Å². The van der Waals surface area contributed by atoms with E-state index in [4.69, 9.17) is 17.3 Å². The van der Waals surface area contributed by atoms with Crippen molar-refractivity contribution in [2.24, 2.45) is 5.73 Å². The molecule has 0 aliphatic heterocycles. The van der Waals surface area contributed by atoms with Crippen LogP contribution < -0.4 is 11.1 Å². The van der Waals surface area contributed by atoms with E-state index in [2.05, 4.69) is 10.3 Å². The Labute approximate surface area is 116 Å². The Morgan fingerprint density at radius 1 is 1.37 bits per heavy atom. The summed E-state index contributed by atoms with van der Waals surface area (Å²) in [7, 11) is 0.